The number of carbonyl (C=O) groups excluding carboxylic acids is 1. The van der Waals surface area contributed by atoms with E-state index in [0.717, 1.165) is 48.8 Å². The molecule has 1 aliphatic rings. The van der Waals surface area contributed by atoms with Gasteiger partial charge in [0.25, 0.3) is 0 Å². The maximum Gasteiger partial charge on any atom is 0.248 e. The molecular formula is C20H23ClN2O2. The van der Waals surface area contributed by atoms with E-state index in [-0.39, 0.29) is 12.5 Å². The second-order valence-corrected chi connectivity index (χ2v) is 6.91. The number of ether oxygens (including phenoxy) is 1. The Morgan fingerprint density at radius 3 is 2.84 bits per heavy atom. The SMILES string of the molecule is COCC(=O)N1CCC[C@H](c2cccc(Cc3ccc(Cl)cc3)n2)C1. The number of halogens is 1. The lowest BCUT2D eigenvalue weighted by atomic mass is 9.94. The fraction of sp³-hybridized carbons (Fsp3) is 0.400. The largest absolute Gasteiger partial charge is 0.375 e. The van der Waals surface area contributed by atoms with Crippen LogP contribution in [0.3, 0.4) is 0 Å². The van der Waals surface area contributed by atoms with Crippen molar-refractivity contribution in [2.45, 2.75) is 25.2 Å². The fourth-order valence-corrected chi connectivity index (χ4v) is 3.42. The number of pyridine rings is 1. The molecule has 132 valence electrons. The van der Waals surface area contributed by atoms with Crippen LogP contribution in [0, 0.1) is 0 Å². The van der Waals surface area contributed by atoms with Gasteiger partial charge in [-0.3, -0.25) is 9.78 Å². The van der Waals surface area contributed by atoms with Crippen LogP contribution in [-0.4, -0.2) is 42.6 Å². The first-order valence-electron chi connectivity index (χ1n) is 8.62. The number of aromatic nitrogens is 1. The highest BCUT2D eigenvalue weighted by molar-refractivity contribution is 6.30. The van der Waals surface area contributed by atoms with Gasteiger partial charge in [-0.2, -0.15) is 0 Å². The molecular weight excluding hydrogens is 336 g/mol. The van der Waals surface area contributed by atoms with E-state index in [1.807, 2.05) is 29.2 Å². The van der Waals surface area contributed by atoms with Gasteiger partial charge in [-0.05, 0) is 42.7 Å². The topological polar surface area (TPSA) is 42.4 Å². The summed E-state index contributed by atoms with van der Waals surface area (Å²) in [4.78, 5) is 18.8. The molecule has 4 nitrogen and oxygen atoms in total. The molecule has 5 heteroatoms. The van der Waals surface area contributed by atoms with E-state index < -0.39 is 0 Å². The molecule has 0 bridgehead atoms. The van der Waals surface area contributed by atoms with Gasteiger partial charge < -0.3 is 9.64 Å². The molecule has 3 rings (SSSR count). The summed E-state index contributed by atoms with van der Waals surface area (Å²) < 4.78 is 4.98. The summed E-state index contributed by atoms with van der Waals surface area (Å²) in [7, 11) is 1.56. The molecule has 25 heavy (non-hydrogen) atoms. The minimum absolute atomic E-state index is 0.0597. The van der Waals surface area contributed by atoms with E-state index in [4.69, 9.17) is 21.3 Å². The van der Waals surface area contributed by atoms with Crippen molar-refractivity contribution in [3.05, 3.63) is 64.4 Å². The zero-order valence-corrected chi connectivity index (χ0v) is 15.2. The molecule has 0 N–H and O–H groups in total. The van der Waals surface area contributed by atoms with Crippen LogP contribution in [0.25, 0.3) is 0 Å². The van der Waals surface area contributed by atoms with E-state index in [0.29, 0.717) is 5.92 Å². The van der Waals surface area contributed by atoms with E-state index >= 15 is 0 Å². The highest BCUT2D eigenvalue weighted by Crippen LogP contribution is 2.26. The van der Waals surface area contributed by atoms with Crippen LogP contribution in [0.5, 0.6) is 0 Å². The monoisotopic (exact) mass is 358 g/mol. The van der Waals surface area contributed by atoms with Gasteiger partial charge >= 0.3 is 0 Å². The van der Waals surface area contributed by atoms with Gasteiger partial charge in [0.15, 0.2) is 0 Å². The zero-order chi connectivity index (χ0) is 17.6. The number of carbonyl (C=O) groups is 1. The number of benzene rings is 1. The standard InChI is InChI=1S/C20H23ClN2O2/c1-25-14-20(24)23-11-3-4-16(13-23)19-6-2-5-18(22-19)12-15-7-9-17(21)10-8-15/h2,5-10,16H,3-4,11-14H2,1H3/t16-/m0/s1. The molecule has 1 fully saturated rings. The third kappa shape index (κ3) is 4.80. The molecule has 0 aliphatic carbocycles. The molecule has 0 radical (unpaired) electrons. The van der Waals surface area contributed by atoms with E-state index in [2.05, 4.69) is 18.2 Å². The number of nitrogens with zero attached hydrogens (tertiary/aromatic N) is 2. The predicted molar refractivity (Wildman–Crippen MR) is 98.9 cm³/mol. The number of piperidine rings is 1. The van der Waals surface area contributed by atoms with Crippen molar-refractivity contribution < 1.29 is 9.53 Å². The highest BCUT2D eigenvalue weighted by Gasteiger charge is 2.25. The molecule has 1 aliphatic heterocycles. The van der Waals surface area contributed by atoms with E-state index in [1.165, 1.54) is 5.56 Å². The highest BCUT2D eigenvalue weighted by atomic mass is 35.5. The Morgan fingerprint density at radius 1 is 1.28 bits per heavy atom. The number of hydrogen-bond acceptors (Lipinski definition) is 3. The average Bonchev–Trinajstić information content (AvgIpc) is 2.64. The average molecular weight is 359 g/mol. The summed E-state index contributed by atoms with van der Waals surface area (Å²) in [6, 6.07) is 14.0. The Morgan fingerprint density at radius 2 is 2.08 bits per heavy atom. The molecule has 2 heterocycles. The number of amides is 1. The van der Waals surface area contributed by atoms with Crippen molar-refractivity contribution in [2.75, 3.05) is 26.8 Å². The Balaban J connectivity index is 1.70. The third-order valence-corrected chi connectivity index (χ3v) is 4.84. The Hall–Kier alpha value is -1.91. The summed E-state index contributed by atoms with van der Waals surface area (Å²) in [5, 5.41) is 0.744. The lowest BCUT2D eigenvalue weighted by Crippen LogP contribution is -2.41. The van der Waals surface area contributed by atoms with Gasteiger partial charge in [0.2, 0.25) is 5.91 Å². The van der Waals surface area contributed by atoms with Crippen molar-refractivity contribution in [1.29, 1.82) is 0 Å². The van der Waals surface area contributed by atoms with Crippen LogP contribution in [0.2, 0.25) is 5.02 Å². The van der Waals surface area contributed by atoms with Gasteiger partial charge in [-0.25, -0.2) is 0 Å². The Kier molecular flexibility index (Phi) is 6.05. The smallest absolute Gasteiger partial charge is 0.248 e. The van der Waals surface area contributed by atoms with Crippen LogP contribution >= 0.6 is 11.6 Å². The van der Waals surface area contributed by atoms with Gasteiger partial charge in [-0.1, -0.05) is 29.8 Å². The van der Waals surface area contributed by atoms with Gasteiger partial charge in [-0.15, -0.1) is 0 Å². The number of methoxy groups -OCH3 is 1. The first-order valence-corrected chi connectivity index (χ1v) is 9.00. The minimum atomic E-state index is 0.0597. The van der Waals surface area contributed by atoms with Gasteiger partial charge in [0.1, 0.15) is 6.61 Å². The summed E-state index contributed by atoms with van der Waals surface area (Å²) in [5.41, 5.74) is 3.30. The summed E-state index contributed by atoms with van der Waals surface area (Å²) in [6.45, 7) is 1.68. The lowest BCUT2D eigenvalue weighted by Gasteiger charge is -2.32. The zero-order valence-electron chi connectivity index (χ0n) is 14.5. The second kappa shape index (κ2) is 8.45. The minimum Gasteiger partial charge on any atom is -0.375 e. The molecule has 1 saturated heterocycles. The van der Waals surface area contributed by atoms with E-state index in [9.17, 15) is 4.79 Å². The van der Waals surface area contributed by atoms with Crippen molar-refractivity contribution in [3.8, 4) is 0 Å². The van der Waals surface area contributed by atoms with Gasteiger partial charge in [0, 0.05) is 48.9 Å². The maximum atomic E-state index is 12.1. The molecule has 0 spiro atoms. The third-order valence-electron chi connectivity index (χ3n) is 4.59. The van der Waals surface area contributed by atoms with Crippen LogP contribution < -0.4 is 0 Å². The quantitative estimate of drug-likeness (QED) is 0.818. The normalized spacial score (nSPS) is 17.5. The summed E-state index contributed by atoms with van der Waals surface area (Å²) in [5.74, 6) is 0.351. The molecule has 1 aromatic heterocycles. The van der Waals surface area contributed by atoms with Crippen LogP contribution in [0.4, 0.5) is 0 Å². The number of rotatable bonds is 5. The van der Waals surface area contributed by atoms with Crippen molar-refractivity contribution in [1.82, 2.24) is 9.88 Å². The number of likely N-dealkylation sites (tertiary alicyclic amines) is 1. The van der Waals surface area contributed by atoms with E-state index in [1.54, 1.807) is 7.11 Å². The number of hydrogen-bond donors (Lipinski definition) is 0. The van der Waals surface area contributed by atoms with Crippen molar-refractivity contribution in [3.63, 3.8) is 0 Å². The van der Waals surface area contributed by atoms with Crippen molar-refractivity contribution in [2.24, 2.45) is 0 Å². The van der Waals surface area contributed by atoms with Crippen LogP contribution in [0.15, 0.2) is 42.5 Å². The second-order valence-electron chi connectivity index (χ2n) is 6.47. The molecule has 1 aromatic carbocycles. The summed E-state index contributed by atoms with van der Waals surface area (Å²) >= 11 is 5.95. The molecule has 1 atom stereocenters. The first kappa shape index (κ1) is 17.9. The van der Waals surface area contributed by atoms with Crippen LogP contribution in [0.1, 0.15) is 35.7 Å². The maximum absolute atomic E-state index is 12.1. The van der Waals surface area contributed by atoms with Gasteiger partial charge in [0.05, 0.1) is 0 Å². The predicted octanol–water partition coefficient (Wildman–Crippen LogP) is 3.68. The van der Waals surface area contributed by atoms with Crippen molar-refractivity contribution >= 4 is 17.5 Å². The Bertz CT molecular complexity index is 718. The molecule has 1 amide bonds. The molecule has 0 unspecified atom stereocenters. The van der Waals surface area contributed by atoms with Crippen LogP contribution in [-0.2, 0) is 16.0 Å². The lowest BCUT2D eigenvalue weighted by molar-refractivity contribution is -0.136. The fourth-order valence-electron chi connectivity index (χ4n) is 3.30. The Labute approximate surface area is 153 Å². The summed E-state index contributed by atoms with van der Waals surface area (Å²) in [6.07, 6.45) is 2.85. The molecule has 0 saturated carbocycles. The first-order chi connectivity index (χ1) is 12.2. The molecule has 2 aromatic rings.